The van der Waals surface area contributed by atoms with Gasteiger partial charge in [0.05, 0.1) is 11.7 Å². The Balaban J connectivity index is 2.13. The highest BCUT2D eigenvalue weighted by Crippen LogP contribution is 2.33. The van der Waals surface area contributed by atoms with Gasteiger partial charge in [-0.1, -0.05) is 22.4 Å². The van der Waals surface area contributed by atoms with Crippen molar-refractivity contribution in [2.24, 2.45) is 0 Å². The largest absolute Gasteiger partial charge is 0.573 e. The molecular formula is C13H14BrF3N2O2. The lowest BCUT2D eigenvalue weighted by Gasteiger charge is -2.23. The smallest absolute Gasteiger partial charge is 0.404 e. The molecule has 1 aliphatic rings. The highest BCUT2D eigenvalue weighted by molar-refractivity contribution is 9.10. The van der Waals surface area contributed by atoms with E-state index in [1.165, 1.54) is 12.1 Å². The Morgan fingerprint density at radius 1 is 1.38 bits per heavy atom. The molecule has 0 aromatic heterocycles. The van der Waals surface area contributed by atoms with E-state index in [4.69, 9.17) is 0 Å². The molecule has 2 rings (SSSR count). The van der Waals surface area contributed by atoms with Crippen LogP contribution in [0.5, 0.6) is 5.75 Å². The highest BCUT2D eigenvalue weighted by atomic mass is 79.9. The van der Waals surface area contributed by atoms with Crippen molar-refractivity contribution in [1.82, 2.24) is 5.32 Å². The van der Waals surface area contributed by atoms with E-state index in [-0.39, 0.29) is 17.6 Å². The third-order valence-corrected chi connectivity index (χ3v) is 3.55. The van der Waals surface area contributed by atoms with E-state index in [1.807, 2.05) is 0 Å². The Kier molecular flexibility index (Phi) is 5.10. The number of alkyl halides is 3. The molecule has 8 heteroatoms. The van der Waals surface area contributed by atoms with Crippen molar-refractivity contribution in [3.8, 4) is 5.75 Å². The third kappa shape index (κ3) is 4.89. The lowest BCUT2D eigenvalue weighted by Crippen LogP contribution is -2.43. The first kappa shape index (κ1) is 16.1. The van der Waals surface area contributed by atoms with Crippen molar-refractivity contribution in [3.05, 3.63) is 22.7 Å². The van der Waals surface area contributed by atoms with Gasteiger partial charge in [-0.25, -0.2) is 0 Å². The molecule has 1 amide bonds. The number of nitrogens with one attached hydrogen (secondary N) is 2. The van der Waals surface area contributed by atoms with Gasteiger partial charge in [0.2, 0.25) is 5.91 Å². The summed E-state index contributed by atoms with van der Waals surface area (Å²) in [5.41, 5.74) is -0.00658. The molecule has 1 aromatic carbocycles. The molecule has 1 fully saturated rings. The predicted molar refractivity (Wildman–Crippen MR) is 75.1 cm³/mol. The summed E-state index contributed by atoms with van der Waals surface area (Å²) in [6, 6.07) is 3.68. The van der Waals surface area contributed by atoms with Gasteiger partial charge in [-0.3, -0.25) is 4.79 Å². The number of halogens is 4. The number of ether oxygens (including phenoxy) is 1. The second kappa shape index (κ2) is 6.65. The Bertz CT molecular complexity index is 517. The highest BCUT2D eigenvalue weighted by Gasteiger charge is 2.32. The summed E-state index contributed by atoms with van der Waals surface area (Å²) < 4.78 is 41.5. The van der Waals surface area contributed by atoms with Crippen molar-refractivity contribution in [3.63, 3.8) is 0 Å². The minimum Gasteiger partial charge on any atom is -0.404 e. The Morgan fingerprint density at radius 3 is 2.76 bits per heavy atom. The van der Waals surface area contributed by atoms with Gasteiger partial charge in [0.25, 0.3) is 0 Å². The molecule has 116 valence electrons. The maximum atomic E-state index is 12.4. The van der Waals surface area contributed by atoms with Crippen LogP contribution in [-0.2, 0) is 4.79 Å². The first-order valence-electron chi connectivity index (χ1n) is 6.45. The molecule has 0 aliphatic carbocycles. The Labute approximate surface area is 128 Å². The number of carbonyl (C=O) groups is 1. The van der Waals surface area contributed by atoms with Gasteiger partial charge in [-0.05, 0) is 37.6 Å². The molecule has 1 aromatic rings. The molecule has 0 saturated carbocycles. The summed E-state index contributed by atoms with van der Waals surface area (Å²) in [7, 11) is 0. The summed E-state index contributed by atoms with van der Waals surface area (Å²) in [6.07, 6.45) is -2.25. The lowest BCUT2D eigenvalue weighted by atomic mass is 10.0. The minimum absolute atomic E-state index is 0.00658. The van der Waals surface area contributed by atoms with Crippen molar-refractivity contribution in [2.75, 3.05) is 11.9 Å². The molecule has 0 radical (unpaired) electrons. The van der Waals surface area contributed by atoms with Gasteiger partial charge in [0.15, 0.2) is 5.75 Å². The quantitative estimate of drug-likeness (QED) is 0.861. The van der Waals surface area contributed by atoms with Crippen molar-refractivity contribution in [1.29, 1.82) is 0 Å². The van der Waals surface area contributed by atoms with E-state index in [0.717, 1.165) is 25.5 Å². The summed E-state index contributed by atoms with van der Waals surface area (Å²) in [5, 5.41) is 5.52. The topological polar surface area (TPSA) is 50.4 Å². The molecule has 0 bridgehead atoms. The van der Waals surface area contributed by atoms with Crippen LogP contribution in [0.3, 0.4) is 0 Å². The van der Waals surface area contributed by atoms with E-state index >= 15 is 0 Å². The average molecular weight is 367 g/mol. The van der Waals surface area contributed by atoms with Gasteiger partial charge < -0.3 is 15.4 Å². The maximum absolute atomic E-state index is 12.4. The summed E-state index contributed by atoms with van der Waals surface area (Å²) in [6.45, 7) is 0.727. The first-order chi connectivity index (χ1) is 9.85. The van der Waals surface area contributed by atoms with Gasteiger partial charge in [-0.2, -0.15) is 0 Å². The number of hydrogen-bond acceptors (Lipinski definition) is 3. The Hall–Kier alpha value is -1.28. The van der Waals surface area contributed by atoms with Crippen LogP contribution in [0.1, 0.15) is 19.3 Å². The Morgan fingerprint density at radius 2 is 2.14 bits per heavy atom. The standard InChI is InChI=1S/C13H14BrF3N2O2/c14-8-4-5-9(11(7-8)21-13(15,16)17)19-12(20)10-3-1-2-6-18-10/h4-5,7,10,18H,1-3,6H2,(H,19,20)/t10-/m0/s1. The number of rotatable bonds is 3. The molecule has 0 unspecified atom stereocenters. The number of carbonyl (C=O) groups excluding carboxylic acids is 1. The van der Waals surface area contributed by atoms with E-state index in [0.29, 0.717) is 10.9 Å². The average Bonchev–Trinajstić information content (AvgIpc) is 2.41. The molecule has 1 atom stereocenters. The van der Waals surface area contributed by atoms with Crippen LogP contribution in [0, 0.1) is 0 Å². The maximum Gasteiger partial charge on any atom is 0.573 e. The number of benzene rings is 1. The third-order valence-electron chi connectivity index (χ3n) is 3.05. The fourth-order valence-corrected chi connectivity index (χ4v) is 2.44. The zero-order chi connectivity index (χ0) is 15.5. The van der Waals surface area contributed by atoms with Crippen molar-refractivity contribution < 1.29 is 22.7 Å². The van der Waals surface area contributed by atoms with E-state index in [2.05, 4.69) is 31.3 Å². The molecule has 1 saturated heterocycles. The van der Waals surface area contributed by atoms with Gasteiger partial charge in [0.1, 0.15) is 0 Å². The molecule has 4 nitrogen and oxygen atoms in total. The molecule has 0 spiro atoms. The second-order valence-corrected chi connectivity index (χ2v) is 5.60. The fourth-order valence-electron chi connectivity index (χ4n) is 2.10. The van der Waals surface area contributed by atoms with Crippen molar-refractivity contribution >= 4 is 27.5 Å². The number of anilines is 1. The zero-order valence-corrected chi connectivity index (χ0v) is 12.6. The summed E-state index contributed by atoms with van der Waals surface area (Å²) in [5.74, 6) is -0.801. The van der Waals surface area contributed by atoms with E-state index < -0.39 is 12.1 Å². The van der Waals surface area contributed by atoms with Gasteiger partial charge in [0, 0.05) is 4.47 Å². The normalized spacial score (nSPS) is 19.1. The van der Waals surface area contributed by atoms with Crippen LogP contribution in [-0.4, -0.2) is 24.9 Å². The fraction of sp³-hybridized carbons (Fsp3) is 0.462. The number of hydrogen-bond donors (Lipinski definition) is 2. The predicted octanol–water partition coefficient (Wildman–Crippen LogP) is 3.43. The van der Waals surface area contributed by atoms with Crippen molar-refractivity contribution in [2.45, 2.75) is 31.7 Å². The SMILES string of the molecule is O=C(Nc1ccc(Br)cc1OC(F)(F)F)[C@@H]1CCCCN1. The van der Waals surface area contributed by atoms with Crippen LogP contribution in [0.4, 0.5) is 18.9 Å². The molecule has 21 heavy (non-hydrogen) atoms. The van der Waals surface area contributed by atoms with Gasteiger partial charge >= 0.3 is 6.36 Å². The zero-order valence-electron chi connectivity index (χ0n) is 11.0. The molecule has 1 heterocycles. The number of amides is 1. The van der Waals surface area contributed by atoms with Crippen LogP contribution < -0.4 is 15.4 Å². The summed E-state index contributed by atoms with van der Waals surface area (Å²) >= 11 is 3.07. The minimum atomic E-state index is -4.82. The molecule has 2 N–H and O–H groups in total. The van der Waals surface area contributed by atoms with Crippen LogP contribution >= 0.6 is 15.9 Å². The van der Waals surface area contributed by atoms with Crippen LogP contribution in [0.15, 0.2) is 22.7 Å². The van der Waals surface area contributed by atoms with Crippen LogP contribution in [0.2, 0.25) is 0 Å². The van der Waals surface area contributed by atoms with Gasteiger partial charge in [-0.15, -0.1) is 13.2 Å². The number of piperidine rings is 1. The van der Waals surface area contributed by atoms with E-state index in [9.17, 15) is 18.0 Å². The van der Waals surface area contributed by atoms with E-state index in [1.54, 1.807) is 0 Å². The second-order valence-electron chi connectivity index (χ2n) is 4.68. The molecule has 1 aliphatic heterocycles. The molecular weight excluding hydrogens is 353 g/mol. The van der Waals surface area contributed by atoms with Crippen LogP contribution in [0.25, 0.3) is 0 Å². The monoisotopic (exact) mass is 366 g/mol. The summed E-state index contributed by atoms with van der Waals surface area (Å²) in [4.78, 5) is 12.0. The lowest BCUT2D eigenvalue weighted by molar-refractivity contribution is -0.274. The first-order valence-corrected chi connectivity index (χ1v) is 7.24.